The van der Waals surface area contributed by atoms with Gasteiger partial charge in [-0.25, -0.2) is 0 Å². The van der Waals surface area contributed by atoms with E-state index in [2.05, 4.69) is 20.8 Å². The topological polar surface area (TPSA) is 113 Å². The number of nitrogens with zero attached hydrogens (tertiary/aromatic N) is 2. The maximum absolute atomic E-state index is 12.3. The van der Waals surface area contributed by atoms with Crippen LogP contribution in [0.2, 0.25) is 0 Å². The second-order valence-electron chi connectivity index (χ2n) is 4.35. The summed E-state index contributed by atoms with van der Waals surface area (Å²) in [5.41, 5.74) is 1.14. The van der Waals surface area contributed by atoms with Gasteiger partial charge in [-0.2, -0.15) is 5.10 Å². The smallest absolute Gasteiger partial charge is 0.270 e. The van der Waals surface area contributed by atoms with Crippen LogP contribution in [0, 0.1) is 10.1 Å². The van der Waals surface area contributed by atoms with Gasteiger partial charge in [-0.15, -0.1) is 0 Å². The number of H-pyrrole nitrogens is 1. The number of nitrogens with one attached hydrogen (secondary N) is 3. The summed E-state index contributed by atoms with van der Waals surface area (Å²) < 4.78 is 0. The average Bonchev–Trinajstić information content (AvgIpc) is 2.97. The summed E-state index contributed by atoms with van der Waals surface area (Å²) in [4.78, 5) is 22.6. The van der Waals surface area contributed by atoms with E-state index >= 15 is 0 Å². The molecule has 0 saturated heterocycles. The molecule has 0 aliphatic rings. The van der Waals surface area contributed by atoms with Gasteiger partial charge in [-0.3, -0.25) is 20.0 Å². The molecule has 2 rings (SSSR count). The molecule has 0 fully saturated rings. The van der Waals surface area contributed by atoms with Gasteiger partial charge in [0.05, 0.1) is 22.4 Å². The molecule has 8 heteroatoms. The average molecular weight is 289 g/mol. The molecular weight excluding hydrogens is 274 g/mol. The first-order chi connectivity index (χ1) is 10.1. The summed E-state index contributed by atoms with van der Waals surface area (Å²) in [6, 6.07) is 4.16. The molecule has 1 amide bonds. The summed E-state index contributed by atoms with van der Waals surface area (Å²) >= 11 is 0. The molecule has 0 spiro atoms. The largest absolute Gasteiger partial charge is 0.384 e. The van der Waals surface area contributed by atoms with E-state index in [0.29, 0.717) is 17.9 Å². The molecule has 0 bridgehead atoms. The van der Waals surface area contributed by atoms with E-state index in [1.54, 1.807) is 0 Å². The maximum Gasteiger partial charge on any atom is 0.270 e. The lowest BCUT2D eigenvalue weighted by molar-refractivity contribution is -0.384. The fourth-order valence-electron chi connectivity index (χ4n) is 1.77. The highest BCUT2D eigenvalue weighted by Crippen LogP contribution is 2.23. The van der Waals surface area contributed by atoms with Crippen molar-refractivity contribution in [2.45, 2.75) is 13.3 Å². The first-order valence-electron chi connectivity index (χ1n) is 6.44. The van der Waals surface area contributed by atoms with E-state index in [1.165, 1.54) is 30.6 Å². The molecule has 8 nitrogen and oxygen atoms in total. The Morgan fingerprint density at radius 3 is 2.90 bits per heavy atom. The van der Waals surface area contributed by atoms with Gasteiger partial charge in [0.2, 0.25) is 0 Å². The standard InChI is InChI=1S/C13H15N5O3/c1-2-5-14-12-4-3-10(18(20)21)6-11(12)13(19)17-9-7-15-16-8-9/h3-4,6-8,14H,2,5H2,1H3,(H,15,16)(H,17,19). The van der Waals surface area contributed by atoms with Crippen molar-refractivity contribution in [2.24, 2.45) is 0 Å². The third kappa shape index (κ3) is 3.56. The Kier molecular flexibility index (Phi) is 4.50. The van der Waals surface area contributed by atoms with Gasteiger partial charge >= 0.3 is 0 Å². The van der Waals surface area contributed by atoms with Crippen LogP contribution in [0.25, 0.3) is 0 Å². The van der Waals surface area contributed by atoms with Crippen LogP contribution in [0.3, 0.4) is 0 Å². The van der Waals surface area contributed by atoms with E-state index < -0.39 is 10.8 Å². The molecule has 0 unspecified atom stereocenters. The Hall–Kier alpha value is -2.90. The van der Waals surface area contributed by atoms with Crippen molar-refractivity contribution in [3.8, 4) is 0 Å². The van der Waals surface area contributed by atoms with Crippen molar-refractivity contribution in [1.82, 2.24) is 10.2 Å². The SMILES string of the molecule is CCCNc1ccc([N+](=O)[O-])cc1C(=O)Nc1cn[nH]c1. The van der Waals surface area contributed by atoms with Gasteiger partial charge in [0.25, 0.3) is 11.6 Å². The summed E-state index contributed by atoms with van der Waals surface area (Å²) in [5, 5.41) is 22.9. The number of benzene rings is 1. The highest BCUT2D eigenvalue weighted by molar-refractivity contribution is 6.08. The highest BCUT2D eigenvalue weighted by atomic mass is 16.6. The van der Waals surface area contributed by atoms with Crippen LogP contribution in [-0.4, -0.2) is 27.6 Å². The van der Waals surface area contributed by atoms with Crippen LogP contribution in [0.4, 0.5) is 17.1 Å². The molecule has 0 radical (unpaired) electrons. The zero-order chi connectivity index (χ0) is 15.2. The number of aromatic amines is 1. The van der Waals surface area contributed by atoms with Crippen molar-refractivity contribution < 1.29 is 9.72 Å². The van der Waals surface area contributed by atoms with Gasteiger partial charge in [0.15, 0.2) is 0 Å². The molecular formula is C13H15N5O3. The lowest BCUT2D eigenvalue weighted by Crippen LogP contribution is -2.15. The first kappa shape index (κ1) is 14.5. The molecule has 1 heterocycles. The third-order valence-electron chi connectivity index (χ3n) is 2.78. The summed E-state index contributed by atoms with van der Waals surface area (Å²) in [5.74, 6) is -0.432. The summed E-state index contributed by atoms with van der Waals surface area (Å²) in [7, 11) is 0. The molecule has 1 aromatic heterocycles. The number of carbonyl (C=O) groups is 1. The number of anilines is 2. The minimum atomic E-state index is -0.530. The Labute approximate surface area is 120 Å². The number of nitro benzene ring substituents is 1. The zero-order valence-electron chi connectivity index (χ0n) is 11.4. The Bertz CT molecular complexity index is 639. The second-order valence-corrected chi connectivity index (χ2v) is 4.35. The zero-order valence-corrected chi connectivity index (χ0v) is 11.4. The van der Waals surface area contributed by atoms with Crippen molar-refractivity contribution in [1.29, 1.82) is 0 Å². The van der Waals surface area contributed by atoms with Crippen LogP contribution < -0.4 is 10.6 Å². The molecule has 0 aliphatic heterocycles. The molecule has 0 atom stereocenters. The molecule has 1 aromatic carbocycles. The van der Waals surface area contributed by atoms with Crippen LogP contribution in [0.5, 0.6) is 0 Å². The Morgan fingerprint density at radius 2 is 2.29 bits per heavy atom. The van der Waals surface area contributed by atoms with E-state index in [1.807, 2.05) is 6.92 Å². The molecule has 110 valence electrons. The summed E-state index contributed by atoms with van der Waals surface area (Å²) in [6.07, 6.45) is 3.85. The van der Waals surface area contributed by atoms with E-state index in [-0.39, 0.29) is 11.3 Å². The van der Waals surface area contributed by atoms with Gasteiger partial charge in [-0.1, -0.05) is 6.92 Å². The van der Waals surface area contributed by atoms with Gasteiger partial charge < -0.3 is 10.6 Å². The first-order valence-corrected chi connectivity index (χ1v) is 6.44. The Morgan fingerprint density at radius 1 is 1.48 bits per heavy atom. The van der Waals surface area contributed by atoms with Crippen LogP contribution in [0.1, 0.15) is 23.7 Å². The number of non-ortho nitro benzene ring substituents is 1. The fraction of sp³-hybridized carbons (Fsp3) is 0.231. The van der Waals surface area contributed by atoms with Crippen LogP contribution in [0.15, 0.2) is 30.6 Å². The highest BCUT2D eigenvalue weighted by Gasteiger charge is 2.17. The number of rotatable bonds is 6. The Balaban J connectivity index is 2.30. The minimum absolute atomic E-state index is 0.130. The van der Waals surface area contributed by atoms with Gasteiger partial charge in [0.1, 0.15) is 0 Å². The lowest BCUT2D eigenvalue weighted by Gasteiger charge is -2.11. The summed E-state index contributed by atoms with van der Waals surface area (Å²) in [6.45, 7) is 2.66. The number of carbonyl (C=O) groups excluding carboxylic acids is 1. The van der Waals surface area contributed by atoms with E-state index in [9.17, 15) is 14.9 Å². The monoisotopic (exact) mass is 289 g/mol. The number of amides is 1. The molecule has 0 aliphatic carbocycles. The second kappa shape index (κ2) is 6.51. The van der Waals surface area contributed by atoms with Crippen molar-refractivity contribution in [2.75, 3.05) is 17.2 Å². The van der Waals surface area contributed by atoms with Crippen molar-refractivity contribution >= 4 is 23.0 Å². The molecule has 2 aromatic rings. The maximum atomic E-state index is 12.3. The predicted molar refractivity (Wildman–Crippen MR) is 78.4 cm³/mol. The van der Waals surface area contributed by atoms with Crippen LogP contribution >= 0.6 is 0 Å². The van der Waals surface area contributed by atoms with Gasteiger partial charge in [0, 0.05) is 30.6 Å². The number of hydrogen-bond acceptors (Lipinski definition) is 5. The molecule has 21 heavy (non-hydrogen) atoms. The molecule has 0 saturated carbocycles. The normalized spacial score (nSPS) is 10.1. The van der Waals surface area contributed by atoms with E-state index in [4.69, 9.17) is 0 Å². The fourth-order valence-corrected chi connectivity index (χ4v) is 1.77. The number of aromatic nitrogens is 2. The van der Waals surface area contributed by atoms with Crippen molar-refractivity contribution in [3.05, 3.63) is 46.3 Å². The third-order valence-corrected chi connectivity index (χ3v) is 2.78. The quantitative estimate of drug-likeness (QED) is 0.558. The van der Waals surface area contributed by atoms with Gasteiger partial charge in [-0.05, 0) is 12.5 Å². The molecule has 3 N–H and O–H groups in total. The van der Waals surface area contributed by atoms with E-state index in [0.717, 1.165) is 6.42 Å². The number of hydrogen-bond donors (Lipinski definition) is 3. The predicted octanol–water partition coefficient (Wildman–Crippen LogP) is 2.39. The minimum Gasteiger partial charge on any atom is -0.384 e. The van der Waals surface area contributed by atoms with Crippen LogP contribution in [-0.2, 0) is 0 Å². The number of nitro groups is 1. The van der Waals surface area contributed by atoms with Crippen molar-refractivity contribution in [3.63, 3.8) is 0 Å². The lowest BCUT2D eigenvalue weighted by atomic mass is 10.1.